The fraction of sp³-hybridized carbons (Fsp3) is 0.385. The number of amides is 3. The minimum Gasteiger partial charge on any atom is -0.275 e. The molecule has 1 N–H and O–H groups in total. The zero-order valence-corrected chi connectivity index (χ0v) is 12.3. The Balaban J connectivity index is 2.49. The molecule has 7 heteroatoms. The lowest BCUT2D eigenvalue weighted by atomic mass is 10.1. The van der Waals surface area contributed by atoms with Crippen LogP contribution in [0.4, 0.5) is 4.79 Å². The summed E-state index contributed by atoms with van der Waals surface area (Å²) in [7, 11) is -4.03. The van der Waals surface area contributed by atoms with Crippen LogP contribution in [0.2, 0.25) is 0 Å². The maximum atomic E-state index is 12.5. The molecule has 1 aromatic rings. The van der Waals surface area contributed by atoms with Crippen LogP contribution in [0, 0.1) is 12.8 Å². The van der Waals surface area contributed by atoms with Crippen molar-refractivity contribution in [2.24, 2.45) is 5.92 Å². The lowest BCUT2D eigenvalue weighted by Gasteiger charge is -2.23. The summed E-state index contributed by atoms with van der Waals surface area (Å²) in [4.78, 5) is 23.5. The SMILES string of the molecule is Cc1ccc(S(=O)(=O)N2C(=O)NC(=O)C2C(C)C)cc1. The average Bonchev–Trinajstić information content (AvgIpc) is 2.65. The van der Waals surface area contributed by atoms with Crippen molar-refractivity contribution in [2.45, 2.75) is 31.7 Å². The summed E-state index contributed by atoms with van der Waals surface area (Å²) >= 11 is 0. The maximum Gasteiger partial charge on any atom is 0.338 e. The third-order valence-corrected chi connectivity index (χ3v) is 4.94. The number of benzene rings is 1. The van der Waals surface area contributed by atoms with Gasteiger partial charge in [-0.15, -0.1) is 0 Å². The van der Waals surface area contributed by atoms with Crippen LogP contribution in [0.25, 0.3) is 0 Å². The van der Waals surface area contributed by atoms with Crippen LogP contribution in [-0.2, 0) is 14.8 Å². The zero-order chi connectivity index (χ0) is 15.1. The van der Waals surface area contributed by atoms with E-state index in [-0.39, 0.29) is 10.8 Å². The highest BCUT2D eigenvalue weighted by Crippen LogP contribution is 2.25. The molecule has 1 aromatic carbocycles. The smallest absolute Gasteiger partial charge is 0.275 e. The number of carbonyl (C=O) groups is 2. The molecule has 6 nitrogen and oxygen atoms in total. The van der Waals surface area contributed by atoms with Gasteiger partial charge in [-0.25, -0.2) is 17.5 Å². The molecule has 1 unspecified atom stereocenters. The topological polar surface area (TPSA) is 83.6 Å². The average molecular weight is 296 g/mol. The third-order valence-electron chi connectivity index (χ3n) is 3.16. The molecule has 20 heavy (non-hydrogen) atoms. The number of hydrogen-bond donors (Lipinski definition) is 1. The van der Waals surface area contributed by atoms with Crippen molar-refractivity contribution in [3.63, 3.8) is 0 Å². The van der Waals surface area contributed by atoms with Gasteiger partial charge in [0.25, 0.3) is 15.9 Å². The van der Waals surface area contributed by atoms with Gasteiger partial charge in [-0.05, 0) is 25.0 Å². The van der Waals surface area contributed by atoms with Gasteiger partial charge in [-0.1, -0.05) is 31.5 Å². The van der Waals surface area contributed by atoms with Crippen molar-refractivity contribution in [1.82, 2.24) is 9.62 Å². The first-order valence-corrected chi connectivity index (χ1v) is 7.65. The van der Waals surface area contributed by atoms with Crippen LogP contribution < -0.4 is 5.32 Å². The van der Waals surface area contributed by atoms with Gasteiger partial charge in [0.05, 0.1) is 4.90 Å². The lowest BCUT2D eigenvalue weighted by Crippen LogP contribution is -2.43. The van der Waals surface area contributed by atoms with Crippen LogP contribution >= 0.6 is 0 Å². The summed E-state index contributed by atoms with van der Waals surface area (Å²) in [5.41, 5.74) is 0.909. The van der Waals surface area contributed by atoms with E-state index in [4.69, 9.17) is 0 Å². The van der Waals surface area contributed by atoms with Gasteiger partial charge in [-0.3, -0.25) is 10.1 Å². The molecular weight excluding hydrogens is 280 g/mol. The monoisotopic (exact) mass is 296 g/mol. The fourth-order valence-electron chi connectivity index (χ4n) is 2.12. The van der Waals surface area contributed by atoms with Gasteiger partial charge in [-0.2, -0.15) is 0 Å². The van der Waals surface area contributed by atoms with Gasteiger partial charge in [0.1, 0.15) is 6.04 Å². The minimum atomic E-state index is -4.03. The Bertz CT molecular complexity index is 649. The highest BCUT2D eigenvalue weighted by molar-refractivity contribution is 7.89. The standard InChI is InChI=1S/C13H16N2O4S/c1-8(2)11-12(16)14-13(17)15(11)20(18,19)10-6-4-9(3)5-7-10/h4-8,11H,1-3H3,(H,14,16,17). The molecule has 1 aliphatic rings. The van der Waals surface area contributed by atoms with E-state index in [1.54, 1.807) is 26.0 Å². The number of hydrogen-bond acceptors (Lipinski definition) is 4. The van der Waals surface area contributed by atoms with Crippen LogP contribution in [0.5, 0.6) is 0 Å². The number of carbonyl (C=O) groups excluding carboxylic acids is 2. The molecule has 0 aliphatic carbocycles. The van der Waals surface area contributed by atoms with Crippen LogP contribution in [0.3, 0.4) is 0 Å². The molecule has 1 saturated heterocycles. The van der Waals surface area contributed by atoms with Gasteiger partial charge in [0.2, 0.25) is 0 Å². The second kappa shape index (κ2) is 4.90. The summed E-state index contributed by atoms with van der Waals surface area (Å²) < 4.78 is 25.7. The maximum absolute atomic E-state index is 12.5. The van der Waals surface area contributed by atoms with E-state index in [1.165, 1.54) is 12.1 Å². The van der Waals surface area contributed by atoms with Crippen molar-refractivity contribution in [3.8, 4) is 0 Å². The molecule has 3 amide bonds. The number of sulfonamides is 1. The molecule has 108 valence electrons. The molecule has 0 spiro atoms. The van der Waals surface area contributed by atoms with Gasteiger partial charge < -0.3 is 0 Å². The van der Waals surface area contributed by atoms with E-state index in [1.807, 2.05) is 6.92 Å². The largest absolute Gasteiger partial charge is 0.338 e. The highest BCUT2D eigenvalue weighted by Gasteiger charge is 2.47. The molecule has 1 fully saturated rings. The molecule has 0 radical (unpaired) electrons. The van der Waals surface area contributed by atoms with E-state index >= 15 is 0 Å². The second-order valence-corrected chi connectivity index (χ2v) is 6.91. The van der Waals surface area contributed by atoms with E-state index < -0.39 is 28.0 Å². The Morgan fingerprint density at radius 1 is 1.15 bits per heavy atom. The number of aryl methyl sites for hydroxylation is 1. The normalized spacial score (nSPS) is 19.6. The van der Waals surface area contributed by atoms with Crippen molar-refractivity contribution in [2.75, 3.05) is 0 Å². The van der Waals surface area contributed by atoms with Crippen molar-refractivity contribution in [1.29, 1.82) is 0 Å². The van der Waals surface area contributed by atoms with E-state index in [0.717, 1.165) is 5.56 Å². The number of nitrogens with one attached hydrogen (secondary N) is 1. The summed E-state index contributed by atoms with van der Waals surface area (Å²) in [6.07, 6.45) is 0. The molecule has 0 aromatic heterocycles. The molecule has 0 bridgehead atoms. The first-order chi connectivity index (χ1) is 9.25. The van der Waals surface area contributed by atoms with Crippen molar-refractivity contribution < 1.29 is 18.0 Å². The van der Waals surface area contributed by atoms with Crippen molar-refractivity contribution in [3.05, 3.63) is 29.8 Å². The van der Waals surface area contributed by atoms with Crippen molar-refractivity contribution >= 4 is 22.0 Å². The van der Waals surface area contributed by atoms with Crippen LogP contribution in [0.15, 0.2) is 29.2 Å². The summed E-state index contributed by atoms with van der Waals surface area (Å²) in [5, 5.41) is 2.05. The molecule has 1 aliphatic heterocycles. The van der Waals surface area contributed by atoms with Crippen LogP contribution in [-0.4, -0.2) is 30.7 Å². The molecule has 1 heterocycles. The predicted octanol–water partition coefficient (Wildman–Crippen LogP) is 1.26. The first-order valence-electron chi connectivity index (χ1n) is 6.21. The Labute approximate surface area is 117 Å². The third kappa shape index (κ3) is 2.29. The van der Waals surface area contributed by atoms with Crippen LogP contribution in [0.1, 0.15) is 19.4 Å². The number of rotatable bonds is 3. The number of urea groups is 1. The second-order valence-electron chi connectivity index (χ2n) is 5.10. The lowest BCUT2D eigenvalue weighted by molar-refractivity contribution is -0.121. The molecule has 0 saturated carbocycles. The number of nitrogens with zero attached hydrogens (tertiary/aromatic N) is 1. The molecule has 1 atom stereocenters. The van der Waals surface area contributed by atoms with Gasteiger partial charge in [0.15, 0.2) is 0 Å². The van der Waals surface area contributed by atoms with E-state index in [0.29, 0.717) is 4.31 Å². The Morgan fingerprint density at radius 2 is 1.70 bits per heavy atom. The fourth-order valence-corrected chi connectivity index (χ4v) is 3.73. The van der Waals surface area contributed by atoms with Gasteiger partial charge in [0, 0.05) is 0 Å². The molecular formula is C13H16N2O4S. The van der Waals surface area contributed by atoms with E-state index in [9.17, 15) is 18.0 Å². The molecule has 2 rings (SSSR count). The Morgan fingerprint density at radius 3 is 2.20 bits per heavy atom. The van der Waals surface area contributed by atoms with E-state index in [2.05, 4.69) is 5.32 Å². The number of imide groups is 1. The first kappa shape index (κ1) is 14.5. The summed E-state index contributed by atoms with van der Waals surface area (Å²) in [6, 6.07) is 4.25. The van der Waals surface area contributed by atoms with Gasteiger partial charge >= 0.3 is 6.03 Å². The quantitative estimate of drug-likeness (QED) is 0.851. The summed E-state index contributed by atoms with van der Waals surface area (Å²) in [5.74, 6) is -0.887. The Hall–Kier alpha value is -1.89. The zero-order valence-electron chi connectivity index (χ0n) is 11.5. The minimum absolute atomic E-state index is 0.00130. The Kier molecular flexibility index (Phi) is 3.56. The highest BCUT2D eigenvalue weighted by atomic mass is 32.2. The predicted molar refractivity (Wildman–Crippen MR) is 72.4 cm³/mol. The summed E-state index contributed by atoms with van der Waals surface area (Å²) in [6.45, 7) is 5.22.